The molecule has 0 aliphatic heterocycles. The van der Waals surface area contributed by atoms with Gasteiger partial charge in [0.1, 0.15) is 17.1 Å². The number of amides is 2. The second kappa shape index (κ2) is 8.73. The van der Waals surface area contributed by atoms with E-state index in [1.807, 2.05) is 0 Å². The quantitative estimate of drug-likeness (QED) is 0.587. The molecule has 1 aromatic carbocycles. The van der Waals surface area contributed by atoms with Gasteiger partial charge in [-0.15, -0.1) is 0 Å². The van der Waals surface area contributed by atoms with Gasteiger partial charge in [-0.25, -0.2) is 0 Å². The van der Waals surface area contributed by atoms with Crippen molar-refractivity contribution in [2.24, 2.45) is 0 Å². The van der Waals surface area contributed by atoms with Crippen LogP contribution in [0.15, 0.2) is 22.7 Å². The summed E-state index contributed by atoms with van der Waals surface area (Å²) < 4.78 is 10.4. The van der Waals surface area contributed by atoms with Gasteiger partial charge < -0.3 is 9.26 Å². The Balaban J connectivity index is 1.70. The van der Waals surface area contributed by atoms with Gasteiger partial charge in [-0.1, -0.05) is 28.4 Å². The third-order valence-corrected chi connectivity index (χ3v) is 3.81. The maximum atomic E-state index is 12.0. The van der Waals surface area contributed by atoms with Crippen molar-refractivity contribution in [1.82, 2.24) is 16.0 Å². The summed E-state index contributed by atoms with van der Waals surface area (Å²) in [6.45, 7) is 3.56. The number of carbonyl (C=O) groups is 2. The molecule has 9 heteroatoms. The molecule has 2 rings (SSSR count). The normalized spacial score (nSPS) is 10.4. The van der Waals surface area contributed by atoms with Gasteiger partial charge in [0.25, 0.3) is 5.91 Å². The molecule has 25 heavy (non-hydrogen) atoms. The van der Waals surface area contributed by atoms with E-state index in [2.05, 4.69) is 16.0 Å². The van der Waals surface area contributed by atoms with Gasteiger partial charge in [-0.2, -0.15) is 0 Å². The molecule has 0 atom stereocenters. The predicted octanol–water partition coefficient (Wildman–Crippen LogP) is 3.22. The number of aryl methyl sites for hydroxylation is 2. The lowest BCUT2D eigenvalue weighted by Crippen LogP contribution is -2.42. The maximum Gasteiger partial charge on any atom is 0.275 e. The molecule has 1 heterocycles. The number of benzene rings is 1. The summed E-state index contributed by atoms with van der Waals surface area (Å²) in [5, 5.41) is 4.61. The molecule has 0 saturated heterocycles. The zero-order valence-corrected chi connectivity index (χ0v) is 15.2. The summed E-state index contributed by atoms with van der Waals surface area (Å²) in [5.41, 5.74) is 5.42. The van der Waals surface area contributed by atoms with Crippen LogP contribution < -0.4 is 15.6 Å². The molecular weight excluding hydrogens is 369 g/mol. The van der Waals surface area contributed by atoms with Crippen LogP contribution in [-0.4, -0.2) is 23.6 Å². The van der Waals surface area contributed by atoms with Crippen molar-refractivity contribution < 1.29 is 18.8 Å². The van der Waals surface area contributed by atoms with Gasteiger partial charge in [0.05, 0.1) is 17.3 Å². The first-order valence-corrected chi connectivity index (χ1v) is 8.24. The van der Waals surface area contributed by atoms with Crippen molar-refractivity contribution in [3.8, 4) is 5.75 Å². The summed E-state index contributed by atoms with van der Waals surface area (Å²) in [6, 6.07) is 4.91. The van der Waals surface area contributed by atoms with Crippen molar-refractivity contribution in [2.45, 2.75) is 26.7 Å². The SMILES string of the molecule is Cc1noc(C)c1C(=O)NNC(=O)CCCOc1ccc(Cl)cc1Cl. The highest BCUT2D eigenvalue weighted by atomic mass is 35.5. The third kappa shape index (κ3) is 5.37. The molecule has 0 fully saturated rings. The molecule has 134 valence electrons. The summed E-state index contributed by atoms with van der Waals surface area (Å²) in [6.07, 6.45) is 0.624. The van der Waals surface area contributed by atoms with E-state index in [4.69, 9.17) is 32.5 Å². The first kappa shape index (κ1) is 19.1. The smallest absolute Gasteiger partial charge is 0.275 e. The molecule has 0 aliphatic carbocycles. The number of rotatable bonds is 6. The third-order valence-electron chi connectivity index (χ3n) is 3.28. The van der Waals surface area contributed by atoms with Crippen LogP contribution in [0.3, 0.4) is 0 Å². The average molecular weight is 386 g/mol. The molecule has 0 spiro atoms. The summed E-state index contributed by atoms with van der Waals surface area (Å²) >= 11 is 11.8. The van der Waals surface area contributed by atoms with Crippen molar-refractivity contribution in [1.29, 1.82) is 0 Å². The molecule has 7 nitrogen and oxygen atoms in total. The van der Waals surface area contributed by atoms with E-state index in [-0.39, 0.29) is 12.3 Å². The second-order valence-corrected chi connectivity index (χ2v) is 6.07. The van der Waals surface area contributed by atoms with Crippen LogP contribution in [0.1, 0.15) is 34.7 Å². The summed E-state index contributed by atoms with van der Waals surface area (Å²) in [5.74, 6) is 0.0652. The van der Waals surface area contributed by atoms with Gasteiger partial charge in [-0.05, 0) is 38.5 Å². The Morgan fingerprint density at radius 1 is 1.24 bits per heavy atom. The van der Waals surface area contributed by atoms with Crippen LogP contribution in [0.25, 0.3) is 0 Å². The number of hydrogen-bond donors (Lipinski definition) is 2. The van der Waals surface area contributed by atoms with Gasteiger partial charge in [0, 0.05) is 11.4 Å². The van der Waals surface area contributed by atoms with Crippen LogP contribution >= 0.6 is 23.2 Å². The molecule has 2 amide bonds. The second-order valence-electron chi connectivity index (χ2n) is 5.23. The minimum absolute atomic E-state index is 0.174. The van der Waals surface area contributed by atoms with E-state index in [0.29, 0.717) is 45.8 Å². The first-order chi connectivity index (χ1) is 11.9. The molecule has 0 aliphatic rings. The standard InChI is InChI=1S/C16H17Cl2N3O4/c1-9-15(10(2)25-21-9)16(23)20-19-14(22)4-3-7-24-13-6-5-11(17)8-12(13)18/h5-6,8H,3-4,7H2,1-2H3,(H,19,22)(H,20,23). The van der Waals surface area contributed by atoms with E-state index >= 15 is 0 Å². The fourth-order valence-electron chi connectivity index (χ4n) is 2.07. The van der Waals surface area contributed by atoms with Gasteiger partial charge >= 0.3 is 0 Å². The summed E-state index contributed by atoms with van der Waals surface area (Å²) in [4.78, 5) is 23.7. The zero-order chi connectivity index (χ0) is 18.4. The Morgan fingerprint density at radius 3 is 2.64 bits per heavy atom. The Hall–Kier alpha value is -2.25. The number of carbonyl (C=O) groups excluding carboxylic acids is 2. The Kier molecular flexibility index (Phi) is 6.66. The highest BCUT2D eigenvalue weighted by Gasteiger charge is 2.17. The molecular formula is C16H17Cl2N3O4. The van der Waals surface area contributed by atoms with Crippen LogP contribution in [0.5, 0.6) is 5.75 Å². The number of hydrogen-bond acceptors (Lipinski definition) is 5. The van der Waals surface area contributed by atoms with E-state index in [9.17, 15) is 9.59 Å². The molecule has 1 aromatic heterocycles. The number of aromatic nitrogens is 1. The molecule has 0 saturated carbocycles. The average Bonchev–Trinajstić information content (AvgIpc) is 2.89. The number of halogens is 2. The summed E-state index contributed by atoms with van der Waals surface area (Å²) in [7, 11) is 0. The predicted molar refractivity (Wildman–Crippen MR) is 92.8 cm³/mol. The van der Waals surface area contributed by atoms with E-state index in [1.54, 1.807) is 32.0 Å². The Labute approximate surface area is 154 Å². The van der Waals surface area contributed by atoms with Crippen molar-refractivity contribution >= 4 is 35.0 Å². The van der Waals surface area contributed by atoms with E-state index < -0.39 is 5.91 Å². The highest BCUT2D eigenvalue weighted by Crippen LogP contribution is 2.27. The van der Waals surface area contributed by atoms with E-state index in [1.165, 1.54) is 0 Å². The van der Waals surface area contributed by atoms with Gasteiger partial charge in [-0.3, -0.25) is 20.4 Å². The first-order valence-electron chi connectivity index (χ1n) is 7.48. The van der Waals surface area contributed by atoms with Crippen molar-refractivity contribution in [3.05, 3.63) is 45.3 Å². The largest absolute Gasteiger partial charge is 0.492 e. The van der Waals surface area contributed by atoms with Crippen LogP contribution in [0.4, 0.5) is 0 Å². The topological polar surface area (TPSA) is 93.5 Å². The molecule has 2 aromatic rings. The fraction of sp³-hybridized carbons (Fsp3) is 0.312. The van der Waals surface area contributed by atoms with Crippen LogP contribution in [0, 0.1) is 13.8 Å². The number of nitrogens with zero attached hydrogens (tertiary/aromatic N) is 1. The Bertz CT molecular complexity index is 757. The fourth-order valence-corrected chi connectivity index (χ4v) is 2.53. The monoisotopic (exact) mass is 385 g/mol. The lowest BCUT2D eigenvalue weighted by Gasteiger charge is -2.09. The number of nitrogens with one attached hydrogen (secondary N) is 2. The molecule has 0 bridgehead atoms. The minimum atomic E-state index is -0.478. The number of hydrazine groups is 1. The Morgan fingerprint density at radius 2 is 2.00 bits per heavy atom. The van der Waals surface area contributed by atoms with Gasteiger partial charge in [0.2, 0.25) is 5.91 Å². The van der Waals surface area contributed by atoms with Crippen molar-refractivity contribution in [2.75, 3.05) is 6.61 Å². The van der Waals surface area contributed by atoms with Crippen LogP contribution in [0.2, 0.25) is 10.0 Å². The zero-order valence-electron chi connectivity index (χ0n) is 13.7. The molecule has 0 radical (unpaired) electrons. The lowest BCUT2D eigenvalue weighted by molar-refractivity contribution is -0.122. The molecule has 0 unspecified atom stereocenters. The minimum Gasteiger partial charge on any atom is -0.492 e. The number of ether oxygens (including phenoxy) is 1. The lowest BCUT2D eigenvalue weighted by atomic mass is 10.2. The molecule has 2 N–H and O–H groups in total. The van der Waals surface area contributed by atoms with Gasteiger partial charge in [0.15, 0.2) is 0 Å². The maximum absolute atomic E-state index is 12.0. The van der Waals surface area contributed by atoms with Crippen LogP contribution in [-0.2, 0) is 4.79 Å². The van der Waals surface area contributed by atoms with E-state index in [0.717, 1.165) is 0 Å². The van der Waals surface area contributed by atoms with Crippen molar-refractivity contribution in [3.63, 3.8) is 0 Å². The highest BCUT2D eigenvalue weighted by molar-refractivity contribution is 6.35.